The average molecular weight is 856 g/mol. The van der Waals surface area contributed by atoms with Gasteiger partial charge < -0.3 is 0 Å². The molecule has 0 saturated heterocycles. The second kappa shape index (κ2) is 23.6. The molecule has 3 aromatic rings. The van der Waals surface area contributed by atoms with Crippen LogP contribution in [-0.2, 0) is 65.4 Å². The predicted octanol–water partition coefficient (Wildman–Crippen LogP) is 10.6. The van der Waals surface area contributed by atoms with Gasteiger partial charge in [-0.25, -0.2) is 4.76 Å². The van der Waals surface area contributed by atoms with Gasteiger partial charge in [-0.15, -0.1) is 0 Å². The zero-order valence-electron chi connectivity index (χ0n) is 30.1. The summed E-state index contributed by atoms with van der Waals surface area (Å²) in [6, 6.07) is 9.24. The van der Waals surface area contributed by atoms with Gasteiger partial charge in [-0.1, -0.05) is 70.6 Å². The molecule has 0 atom stereocenters. The van der Waals surface area contributed by atoms with Crippen molar-refractivity contribution in [2.45, 2.75) is 102 Å². The molecule has 1 aromatic heterocycles. The van der Waals surface area contributed by atoms with Crippen LogP contribution in [-0.4, -0.2) is 5.45 Å². The van der Waals surface area contributed by atoms with Gasteiger partial charge in [-0.2, -0.15) is 0 Å². The van der Waals surface area contributed by atoms with E-state index in [0.29, 0.717) is 0 Å². The van der Waals surface area contributed by atoms with Crippen LogP contribution in [0.25, 0.3) is 0 Å². The van der Waals surface area contributed by atoms with Gasteiger partial charge in [-0.05, 0) is 118 Å². The number of hydrogen-bond acceptors (Lipinski definition) is 3. The molecule has 0 aliphatic carbocycles. The minimum atomic E-state index is -1.03. The van der Waals surface area contributed by atoms with Crippen molar-refractivity contribution in [2.24, 2.45) is 4.76 Å². The molecule has 4 rings (SSSR count). The molecule has 0 fully saturated rings. The Morgan fingerprint density at radius 2 is 0.875 bits per heavy atom. The molecule has 48 heavy (non-hydrogen) atoms. The molecule has 2 aromatic carbocycles. The summed E-state index contributed by atoms with van der Waals surface area (Å²) in [5, 5.41) is 3.32. The summed E-state index contributed by atoms with van der Waals surface area (Å²) >= 11 is 0. The fourth-order valence-electron chi connectivity index (χ4n) is 6.77. The Morgan fingerprint density at radius 1 is 0.583 bits per heavy atom. The normalized spacial score (nSPS) is 11.8. The van der Waals surface area contributed by atoms with Crippen molar-refractivity contribution in [1.29, 1.82) is 0 Å². The van der Waals surface area contributed by atoms with Gasteiger partial charge in [-0.3, -0.25) is 9.34 Å². The van der Waals surface area contributed by atoms with Crippen LogP contribution >= 0.6 is 15.9 Å². The number of hydrogen-bond donors (Lipinski definition) is 0. The van der Waals surface area contributed by atoms with E-state index >= 15 is 0 Å². The number of anilines is 2. The smallest absolute Gasteiger partial charge is 0 e. The van der Waals surface area contributed by atoms with E-state index in [4.69, 9.17) is 23.4 Å². The Kier molecular flexibility index (Phi) is 23.3. The largest absolute Gasteiger partial charge is 0 e. The van der Waals surface area contributed by atoms with E-state index in [2.05, 4.69) is 149 Å². The maximum Gasteiger partial charge on any atom is 0 e. The fourth-order valence-corrected chi connectivity index (χ4v) is 12.2. The van der Waals surface area contributed by atoms with E-state index in [1.165, 1.54) is 50.2 Å². The third-order valence-corrected chi connectivity index (χ3v) is 13.1. The predicted molar refractivity (Wildman–Crippen MR) is 193 cm³/mol. The second-order valence-corrected chi connectivity index (χ2v) is 15.0. The Morgan fingerprint density at radius 3 is 1.12 bits per heavy atom. The standard InChI is InChI=1S/C34H47N3P2.4CO.W/c1-12-29-30(13-2)32(15-4)38(31(29)14-3)28(11)35-39-36(33-24(7)18-22(5)19-25(33)8)16-17-37(39)34-26(9)20-23(6)21-27(34)10;4*1-2;/h16-21H,12-15H2,1-11H3;;;;;/b35-28+;;;;;. The van der Waals surface area contributed by atoms with Crippen LogP contribution in [0.4, 0.5) is 11.4 Å². The number of benzene rings is 2. The summed E-state index contributed by atoms with van der Waals surface area (Å²) in [5.41, 5.74) is 15.0. The van der Waals surface area contributed by atoms with Crippen molar-refractivity contribution in [1.82, 2.24) is 0 Å². The summed E-state index contributed by atoms with van der Waals surface area (Å²) in [5.74, 6) is 0. The van der Waals surface area contributed by atoms with Gasteiger partial charge in [0.2, 0.25) is 8.37 Å². The molecular formula is C38H47N3O4P2W. The zero-order valence-corrected chi connectivity index (χ0v) is 34.8. The first-order chi connectivity index (χ1) is 22.6. The maximum atomic E-state index is 7.50. The Bertz CT molecular complexity index is 1480. The van der Waals surface area contributed by atoms with E-state index in [-0.39, 0.29) is 21.1 Å². The Labute approximate surface area is 305 Å². The van der Waals surface area contributed by atoms with Crippen molar-refractivity contribution in [3.63, 3.8) is 0 Å². The molecule has 1 aliphatic heterocycles. The van der Waals surface area contributed by atoms with Gasteiger partial charge in [0.15, 0.2) is 0 Å². The zero-order chi connectivity index (χ0) is 36.6. The summed E-state index contributed by atoms with van der Waals surface area (Å²) in [4.78, 5) is 0. The van der Waals surface area contributed by atoms with E-state index < -0.39 is 15.9 Å². The molecule has 0 radical (unpaired) electrons. The van der Waals surface area contributed by atoms with E-state index in [1.54, 1.807) is 21.7 Å². The fraction of sp³-hybridized carbons (Fsp3) is 0.395. The molecule has 0 N–H and O–H groups in total. The van der Waals surface area contributed by atoms with Gasteiger partial charge in [0.25, 0.3) is 0 Å². The first kappa shape index (κ1) is 47.4. The quantitative estimate of drug-likeness (QED) is 0.0976. The van der Waals surface area contributed by atoms with E-state index in [9.17, 15) is 0 Å². The topological polar surface area (TPSA) is 98.4 Å². The monoisotopic (exact) mass is 855 g/mol. The molecule has 254 valence electrons. The van der Waals surface area contributed by atoms with Gasteiger partial charge in [0.1, 0.15) is 0 Å². The number of nitrogens with zero attached hydrogens (tertiary/aromatic N) is 3. The third kappa shape index (κ3) is 10.4. The third-order valence-electron chi connectivity index (χ3n) is 8.00. The molecule has 0 saturated carbocycles. The van der Waals surface area contributed by atoms with Crippen LogP contribution in [0.1, 0.15) is 89.7 Å². The summed E-state index contributed by atoms with van der Waals surface area (Å²) in [7, 11) is -1.55. The summed E-state index contributed by atoms with van der Waals surface area (Å²) in [6.45, 7) is 43.0. The minimum Gasteiger partial charge on any atom is 0 e. The van der Waals surface area contributed by atoms with Gasteiger partial charge in [0.05, 0.1) is 16.8 Å². The van der Waals surface area contributed by atoms with Gasteiger partial charge in [0, 0.05) is 33.5 Å². The first-order valence-electron chi connectivity index (χ1n) is 15.4. The molecule has 0 bridgehead atoms. The molecular weight excluding hydrogens is 808 g/mol. The maximum absolute atomic E-state index is 7.50. The summed E-state index contributed by atoms with van der Waals surface area (Å²) < 4.78 is 40.7. The molecule has 0 unspecified atom stereocenters. The van der Waals surface area contributed by atoms with Crippen molar-refractivity contribution < 1.29 is 39.7 Å². The van der Waals surface area contributed by atoms with Gasteiger partial charge >= 0.3 is 45.2 Å². The molecule has 2 heterocycles. The first-order valence-corrected chi connectivity index (χ1v) is 18.0. The average Bonchev–Trinajstić information content (AvgIpc) is 3.61. The number of aryl methyl sites for hydroxylation is 6. The Hall–Kier alpha value is -2.69. The number of rotatable bonds is 8. The molecule has 0 spiro atoms. The van der Waals surface area contributed by atoms with E-state index in [0.717, 1.165) is 25.7 Å². The van der Waals surface area contributed by atoms with Crippen molar-refractivity contribution in [3.8, 4) is 0 Å². The van der Waals surface area contributed by atoms with Crippen LogP contribution in [0.5, 0.6) is 0 Å². The van der Waals surface area contributed by atoms with Crippen molar-refractivity contribution in [3.05, 3.63) is 118 Å². The molecule has 7 nitrogen and oxygen atoms in total. The van der Waals surface area contributed by atoms with Crippen LogP contribution in [0, 0.1) is 68.1 Å². The van der Waals surface area contributed by atoms with Crippen LogP contribution in [0.15, 0.2) is 41.4 Å². The van der Waals surface area contributed by atoms with E-state index in [1.807, 2.05) is 0 Å². The van der Waals surface area contributed by atoms with Crippen molar-refractivity contribution in [2.75, 3.05) is 9.34 Å². The molecule has 10 heteroatoms. The second-order valence-electron chi connectivity index (χ2n) is 11.0. The van der Waals surface area contributed by atoms with Crippen molar-refractivity contribution >= 4 is 32.7 Å². The van der Waals surface area contributed by atoms with Crippen LogP contribution in [0.2, 0.25) is 0 Å². The Balaban J connectivity index is 0. The van der Waals surface area contributed by atoms with Crippen LogP contribution in [0.3, 0.4) is 0 Å². The van der Waals surface area contributed by atoms with Crippen LogP contribution < -0.4 is 9.34 Å². The molecule has 1 aliphatic rings. The summed E-state index contributed by atoms with van der Waals surface area (Å²) in [6.07, 6.45) is 9.03. The molecule has 0 amide bonds. The minimum absolute atomic E-state index is 0. The SMILES string of the molecule is CCc1c(CC)c(CC)p(/C(C)=N/P2N(c3c(C)cc(C)cc3C)C=CN2c2c(C)cc(C)cc2C)c1CC.[C-]#[O+].[C-]#[O+].[C-]#[O+].[C-]#[O+].[W].